The van der Waals surface area contributed by atoms with Gasteiger partial charge in [-0.05, 0) is 45.9 Å². The molecule has 8 heteroatoms. The monoisotopic (exact) mass is 390 g/mol. The highest BCUT2D eigenvalue weighted by molar-refractivity contribution is 5.96. The Bertz CT molecular complexity index is 772. The van der Waals surface area contributed by atoms with Crippen LogP contribution in [0.1, 0.15) is 38.8 Å². The smallest absolute Gasteiger partial charge is 0.331 e. The van der Waals surface area contributed by atoms with Crippen LogP contribution < -0.4 is 20.1 Å². The average molecular weight is 390 g/mol. The maximum atomic E-state index is 11.9. The Labute approximate surface area is 164 Å². The molecule has 0 saturated heterocycles. The summed E-state index contributed by atoms with van der Waals surface area (Å²) >= 11 is 0. The van der Waals surface area contributed by atoms with Gasteiger partial charge in [0.25, 0.3) is 5.91 Å². The molecule has 1 aromatic rings. The number of fused-ring (bicyclic) bond motifs is 1. The Morgan fingerprint density at radius 3 is 2.75 bits per heavy atom. The zero-order valence-electron chi connectivity index (χ0n) is 16.5. The molecule has 1 atom stereocenters. The summed E-state index contributed by atoms with van der Waals surface area (Å²) in [5, 5.41) is 4.57. The summed E-state index contributed by atoms with van der Waals surface area (Å²) in [5.74, 6) is -0.0166. The van der Waals surface area contributed by atoms with Crippen molar-refractivity contribution in [1.29, 1.82) is 0 Å². The van der Waals surface area contributed by atoms with Crippen LogP contribution in [0.3, 0.4) is 0 Å². The predicted octanol–water partition coefficient (Wildman–Crippen LogP) is 2.20. The van der Waals surface area contributed by atoms with Gasteiger partial charge in [0.2, 0.25) is 0 Å². The molecule has 0 aliphatic carbocycles. The highest BCUT2D eigenvalue weighted by Crippen LogP contribution is 2.35. The van der Waals surface area contributed by atoms with Gasteiger partial charge in [-0.25, -0.2) is 9.59 Å². The maximum Gasteiger partial charge on any atom is 0.331 e. The average Bonchev–Trinajstić information content (AvgIpc) is 2.96. The van der Waals surface area contributed by atoms with Gasteiger partial charge in [-0.2, -0.15) is 0 Å². The van der Waals surface area contributed by atoms with E-state index in [-0.39, 0.29) is 12.1 Å². The van der Waals surface area contributed by atoms with E-state index in [1.807, 2.05) is 26.0 Å². The molecule has 0 radical (unpaired) electrons. The summed E-state index contributed by atoms with van der Waals surface area (Å²) < 4.78 is 16.2. The Morgan fingerprint density at radius 1 is 1.32 bits per heavy atom. The lowest BCUT2D eigenvalue weighted by Crippen LogP contribution is -2.43. The molecule has 1 aliphatic rings. The molecular weight excluding hydrogens is 364 g/mol. The molecule has 152 valence electrons. The summed E-state index contributed by atoms with van der Waals surface area (Å²) in [7, 11) is 0. The van der Waals surface area contributed by atoms with Crippen molar-refractivity contribution in [2.75, 3.05) is 13.2 Å². The van der Waals surface area contributed by atoms with E-state index in [2.05, 4.69) is 10.6 Å². The van der Waals surface area contributed by atoms with Crippen molar-refractivity contribution in [2.45, 2.75) is 46.3 Å². The minimum absolute atomic E-state index is 0.0973. The molecular formula is C20H26N2O6. The molecule has 1 heterocycles. The minimum atomic E-state index is -0.713. The largest absolute Gasteiger partial charge is 0.493 e. The normalized spacial score (nSPS) is 15.1. The molecule has 0 spiro atoms. The molecule has 0 saturated carbocycles. The van der Waals surface area contributed by atoms with Crippen molar-refractivity contribution < 1.29 is 28.6 Å². The van der Waals surface area contributed by atoms with E-state index in [9.17, 15) is 14.4 Å². The SMILES string of the molecule is CCOc1cc2c(cc1/C=C/C(=O)OCC(=O)NC(=O)NC(C)C)O[C@H](C)C2. The highest BCUT2D eigenvalue weighted by atomic mass is 16.5. The quantitative estimate of drug-likeness (QED) is 0.547. The van der Waals surface area contributed by atoms with Crippen LogP contribution in [-0.2, 0) is 20.7 Å². The van der Waals surface area contributed by atoms with Crippen molar-refractivity contribution in [3.63, 3.8) is 0 Å². The molecule has 0 aromatic heterocycles. The third-order valence-corrected chi connectivity index (χ3v) is 3.75. The van der Waals surface area contributed by atoms with Gasteiger partial charge in [-0.1, -0.05) is 0 Å². The lowest BCUT2D eigenvalue weighted by Gasteiger charge is -2.10. The number of carbonyl (C=O) groups excluding carboxylic acids is 3. The van der Waals surface area contributed by atoms with Crippen LogP contribution in [0.5, 0.6) is 11.5 Å². The van der Waals surface area contributed by atoms with Crippen LogP contribution in [0.15, 0.2) is 18.2 Å². The zero-order valence-corrected chi connectivity index (χ0v) is 16.5. The molecule has 3 amide bonds. The van der Waals surface area contributed by atoms with Crippen molar-refractivity contribution in [3.05, 3.63) is 29.3 Å². The predicted molar refractivity (Wildman–Crippen MR) is 103 cm³/mol. The van der Waals surface area contributed by atoms with Crippen LogP contribution in [0.25, 0.3) is 6.08 Å². The van der Waals surface area contributed by atoms with E-state index in [4.69, 9.17) is 14.2 Å². The second-order valence-electron chi connectivity index (χ2n) is 6.68. The van der Waals surface area contributed by atoms with Gasteiger partial charge < -0.3 is 19.5 Å². The van der Waals surface area contributed by atoms with Gasteiger partial charge in [0, 0.05) is 29.7 Å². The van der Waals surface area contributed by atoms with Crippen molar-refractivity contribution in [2.24, 2.45) is 0 Å². The number of esters is 1. The lowest BCUT2D eigenvalue weighted by molar-refractivity contribution is -0.143. The van der Waals surface area contributed by atoms with E-state index >= 15 is 0 Å². The molecule has 0 unspecified atom stereocenters. The lowest BCUT2D eigenvalue weighted by atomic mass is 10.1. The van der Waals surface area contributed by atoms with Gasteiger partial charge in [0.15, 0.2) is 6.61 Å². The van der Waals surface area contributed by atoms with E-state index in [0.717, 1.165) is 17.7 Å². The third-order valence-electron chi connectivity index (χ3n) is 3.75. The Hall–Kier alpha value is -3.03. The van der Waals surface area contributed by atoms with Gasteiger partial charge in [-0.3, -0.25) is 10.1 Å². The van der Waals surface area contributed by atoms with E-state index in [0.29, 0.717) is 17.9 Å². The third kappa shape index (κ3) is 6.29. The van der Waals surface area contributed by atoms with Gasteiger partial charge in [0.1, 0.15) is 17.6 Å². The molecule has 28 heavy (non-hydrogen) atoms. The summed E-state index contributed by atoms with van der Waals surface area (Å²) in [6.45, 7) is 7.31. The summed E-state index contributed by atoms with van der Waals surface area (Å²) in [6.07, 6.45) is 3.65. The first-order chi connectivity index (χ1) is 13.3. The first-order valence-corrected chi connectivity index (χ1v) is 9.20. The number of hydrogen-bond acceptors (Lipinski definition) is 6. The van der Waals surface area contributed by atoms with Crippen LogP contribution in [0.4, 0.5) is 4.79 Å². The molecule has 2 rings (SSSR count). The fourth-order valence-corrected chi connectivity index (χ4v) is 2.67. The van der Waals surface area contributed by atoms with Crippen LogP contribution in [-0.4, -0.2) is 43.3 Å². The minimum Gasteiger partial charge on any atom is -0.493 e. The van der Waals surface area contributed by atoms with Crippen LogP contribution >= 0.6 is 0 Å². The first kappa shape index (κ1) is 21.3. The highest BCUT2D eigenvalue weighted by Gasteiger charge is 2.21. The topological polar surface area (TPSA) is 103 Å². The van der Waals surface area contributed by atoms with E-state index in [1.54, 1.807) is 19.9 Å². The number of benzene rings is 1. The number of carbonyl (C=O) groups is 3. The van der Waals surface area contributed by atoms with Crippen LogP contribution in [0, 0.1) is 0 Å². The summed E-state index contributed by atoms with van der Waals surface area (Å²) in [4.78, 5) is 34.9. The fourth-order valence-electron chi connectivity index (χ4n) is 2.67. The van der Waals surface area contributed by atoms with Crippen LogP contribution in [0.2, 0.25) is 0 Å². The zero-order chi connectivity index (χ0) is 20.7. The molecule has 0 fully saturated rings. The standard InChI is InChI=1S/C20H26N2O6/c1-5-26-16-10-15-8-13(4)28-17(15)9-14(16)6-7-19(24)27-11-18(23)22-20(25)21-12(2)3/h6-7,9-10,12-13H,5,8,11H2,1-4H3,(H2,21,22,23,25)/b7-6+/t13-/m1/s1. The van der Waals surface area contributed by atoms with Gasteiger partial charge in [0.05, 0.1) is 6.61 Å². The molecule has 0 bridgehead atoms. The summed E-state index contributed by atoms with van der Waals surface area (Å²) in [6, 6.07) is 2.97. The Balaban J connectivity index is 1.94. The first-order valence-electron chi connectivity index (χ1n) is 9.20. The molecule has 1 aliphatic heterocycles. The van der Waals surface area contributed by atoms with Crippen molar-refractivity contribution >= 4 is 24.0 Å². The fraction of sp³-hybridized carbons (Fsp3) is 0.450. The number of urea groups is 1. The molecule has 1 aromatic carbocycles. The van der Waals surface area contributed by atoms with E-state index in [1.165, 1.54) is 6.08 Å². The summed E-state index contributed by atoms with van der Waals surface area (Å²) in [5.41, 5.74) is 1.74. The second-order valence-corrected chi connectivity index (χ2v) is 6.68. The maximum absolute atomic E-state index is 11.9. The number of amides is 3. The van der Waals surface area contributed by atoms with Gasteiger partial charge >= 0.3 is 12.0 Å². The van der Waals surface area contributed by atoms with Crippen molar-refractivity contribution in [1.82, 2.24) is 10.6 Å². The number of rotatable bonds is 7. The number of nitrogens with one attached hydrogen (secondary N) is 2. The molecule has 2 N–H and O–H groups in total. The van der Waals surface area contributed by atoms with E-state index < -0.39 is 24.5 Å². The number of hydrogen-bond donors (Lipinski definition) is 2. The van der Waals surface area contributed by atoms with Crippen molar-refractivity contribution in [3.8, 4) is 11.5 Å². The Kier molecular flexibility index (Phi) is 7.43. The van der Waals surface area contributed by atoms with Gasteiger partial charge in [-0.15, -0.1) is 0 Å². The number of ether oxygens (including phenoxy) is 3. The number of imide groups is 1. The Morgan fingerprint density at radius 2 is 2.07 bits per heavy atom. The second kappa shape index (κ2) is 9.77. The molecule has 8 nitrogen and oxygen atoms in total.